The summed E-state index contributed by atoms with van der Waals surface area (Å²) in [7, 11) is 0. The first-order valence-electron chi connectivity index (χ1n) is 11.1. The van der Waals surface area contributed by atoms with Gasteiger partial charge in [0.25, 0.3) is 5.91 Å². The van der Waals surface area contributed by atoms with Gasteiger partial charge < -0.3 is 21.3 Å². The highest BCUT2D eigenvalue weighted by Crippen LogP contribution is 2.27. The minimum absolute atomic E-state index is 0.0220. The summed E-state index contributed by atoms with van der Waals surface area (Å²) in [4.78, 5) is 28.0. The van der Waals surface area contributed by atoms with Gasteiger partial charge in [-0.25, -0.2) is 9.97 Å². The van der Waals surface area contributed by atoms with Crippen LogP contribution in [0.3, 0.4) is 0 Å². The van der Waals surface area contributed by atoms with Gasteiger partial charge in [0, 0.05) is 30.0 Å². The summed E-state index contributed by atoms with van der Waals surface area (Å²) in [5.41, 5.74) is 10.7. The highest BCUT2D eigenvalue weighted by atomic mass is 35.5. The number of benzene rings is 2. The fraction of sp³-hybridized carbons (Fsp3) is 0.250. The van der Waals surface area contributed by atoms with Crippen LogP contribution in [0.2, 0.25) is 5.02 Å². The Morgan fingerprint density at radius 3 is 2.76 bits per heavy atom. The molecule has 2 aromatic heterocycles. The van der Waals surface area contributed by atoms with E-state index in [1.54, 1.807) is 17.5 Å². The van der Waals surface area contributed by atoms with Crippen molar-refractivity contribution in [2.75, 3.05) is 30.3 Å². The lowest BCUT2D eigenvalue weighted by atomic mass is 9.96. The third kappa shape index (κ3) is 4.96. The molecule has 5 rings (SSSR count). The zero-order valence-corrected chi connectivity index (χ0v) is 19.9. The lowest BCUT2D eigenvalue weighted by molar-refractivity contribution is 0.0693. The van der Waals surface area contributed by atoms with E-state index in [2.05, 4.69) is 25.6 Å². The molecule has 8 nitrogen and oxygen atoms in total. The zero-order valence-electron chi connectivity index (χ0n) is 18.4. The van der Waals surface area contributed by atoms with Crippen LogP contribution < -0.4 is 16.4 Å². The molecule has 1 fully saturated rings. The summed E-state index contributed by atoms with van der Waals surface area (Å²) < 4.78 is 1.08. The lowest BCUT2D eigenvalue weighted by Crippen LogP contribution is -2.40. The van der Waals surface area contributed by atoms with Crippen LogP contribution in [-0.2, 0) is 0 Å². The fourth-order valence-corrected chi connectivity index (χ4v) is 4.85. The molecular formula is C24H24ClN7OS. The van der Waals surface area contributed by atoms with Gasteiger partial charge >= 0.3 is 0 Å². The van der Waals surface area contributed by atoms with E-state index in [-0.39, 0.29) is 5.91 Å². The van der Waals surface area contributed by atoms with Crippen LogP contribution in [0.5, 0.6) is 0 Å². The Labute approximate surface area is 206 Å². The van der Waals surface area contributed by atoms with Crippen molar-refractivity contribution in [3.8, 4) is 0 Å². The van der Waals surface area contributed by atoms with E-state index < -0.39 is 0 Å². The molecule has 0 radical (unpaired) electrons. The molecular weight excluding hydrogens is 470 g/mol. The number of anilines is 4. The number of nitrogens with one attached hydrogen (secondary N) is 2. The van der Waals surface area contributed by atoms with E-state index in [9.17, 15) is 4.79 Å². The molecule has 0 aliphatic carbocycles. The highest BCUT2D eigenvalue weighted by molar-refractivity contribution is 7.16. The molecule has 34 heavy (non-hydrogen) atoms. The largest absolute Gasteiger partial charge is 0.339 e. The molecule has 1 amide bonds. The number of hydrogen-bond donors (Lipinski definition) is 3. The summed E-state index contributed by atoms with van der Waals surface area (Å²) >= 11 is 7.93. The molecule has 4 N–H and O–H groups in total. The molecule has 0 bridgehead atoms. The van der Waals surface area contributed by atoms with E-state index in [0.29, 0.717) is 34.8 Å². The summed E-state index contributed by atoms with van der Waals surface area (Å²) in [6, 6.07) is 13.3. The number of nitrogens with two attached hydrogens (primary N) is 1. The monoisotopic (exact) mass is 493 g/mol. The average Bonchev–Trinajstić information content (AvgIpc) is 3.34. The number of carbonyl (C=O) groups excluding carboxylic acids is 1. The minimum atomic E-state index is 0.0220. The number of carbonyl (C=O) groups is 1. The maximum Gasteiger partial charge on any atom is 0.253 e. The maximum atomic E-state index is 13.0. The third-order valence-corrected chi connectivity index (χ3v) is 7.01. The summed E-state index contributed by atoms with van der Waals surface area (Å²) in [6.07, 6.45) is 3.44. The molecule has 4 aromatic rings. The zero-order chi connectivity index (χ0) is 23.5. The summed E-state index contributed by atoms with van der Waals surface area (Å²) in [5, 5.41) is 6.81. The van der Waals surface area contributed by atoms with Crippen LogP contribution in [0.1, 0.15) is 23.2 Å². The Balaban J connectivity index is 1.30. The van der Waals surface area contributed by atoms with E-state index >= 15 is 0 Å². The molecule has 3 heterocycles. The number of rotatable bonds is 6. The van der Waals surface area contributed by atoms with Gasteiger partial charge in [0.05, 0.1) is 21.9 Å². The molecule has 0 unspecified atom stereocenters. The number of nitrogens with zero attached hydrogens (tertiary/aromatic N) is 4. The SMILES string of the molecule is NCC1CCN(C(=O)c2cccc(Nc3nc(Nc4ccc5ncsc5c4)ncc3Cl)c2)CC1. The number of halogens is 1. The fourth-order valence-electron chi connectivity index (χ4n) is 4.00. The van der Waals surface area contributed by atoms with Crippen molar-refractivity contribution >= 4 is 62.2 Å². The van der Waals surface area contributed by atoms with Crippen molar-refractivity contribution in [2.24, 2.45) is 11.7 Å². The molecule has 174 valence electrons. The van der Waals surface area contributed by atoms with Gasteiger partial charge in [-0.2, -0.15) is 4.98 Å². The molecule has 2 aromatic carbocycles. The van der Waals surface area contributed by atoms with Crippen molar-refractivity contribution in [2.45, 2.75) is 12.8 Å². The van der Waals surface area contributed by atoms with E-state index in [1.165, 1.54) is 0 Å². The molecule has 10 heteroatoms. The molecule has 1 saturated heterocycles. The topological polar surface area (TPSA) is 109 Å². The van der Waals surface area contributed by atoms with Crippen LogP contribution in [0.25, 0.3) is 10.2 Å². The van der Waals surface area contributed by atoms with E-state index in [1.807, 2.05) is 52.9 Å². The Hall–Kier alpha value is -3.27. The normalized spacial score (nSPS) is 14.4. The van der Waals surface area contributed by atoms with E-state index in [0.717, 1.165) is 47.5 Å². The van der Waals surface area contributed by atoms with Crippen molar-refractivity contribution in [3.05, 3.63) is 64.8 Å². The first kappa shape index (κ1) is 22.5. The molecule has 0 saturated carbocycles. The second-order valence-corrected chi connectivity index (χ2v) is 9.52. The van der Waals surface area contributed by atoms with Gasteiger partial charge in [0.2, 0.25) is 5.95 Å². The second-order valence-electron chi connectivity index (χ2n) is 8.23. The lowest BCUT2D eigenvalue weighted by Gasteiger charge is -2.31. The Kier molecular flexibility index (Phi) is 6.57. The van der Waals surface area contributed by atoms with Gasteiger partial charge in [-0.15, -0.1) is 11.3 Å². The number of likely N-dealkylation sites (tertiary alicyclic amines) is 1. The molecule has 0 atom stereocenters. The third-order valence-electron chi connectivity index (χ3n) is 5.94. The van der Waals surface area contributed by atoms with Crippen LogP contribution in [0, 0.1) is 5.92 Å². The molecule has 0 spiro atoms. The molecule has 1 aliphatic rings. The Bertz CT molecular complexity index is 1320. The summed E-state index contributed by atoms with van der Waals surface area (Å²) in [6.45, 7) is 2.15. The smallest absolute Gasteiger partial charge is 0.253 e. The standard InChI is InChI=1S/C24H24ClN7OS/c25-19-13-27-24(30-18-4-5-20-21(11-18)34-14-28-20)31-22(19)29-17-3-1-2-16(10-17)23(33)32-8-6-15(12-26)7-9-32/h1-5,10-11,13-15H,6-9,12,26H2,(H2,27,29,30,31). The number of thiazole rings is 1. The predicted octanol–water partition coefficient (Wildman–Crippen LogP) is 5.04. The van der Waals surface area contributed by atoms with Crippen molar-refractivity contribution in [3.63, 3.8) is 0 Å². The van der Waals surface area contributed by atoms with Crippen LogP contribution in [0.15, 0.2) is 54.2 Å². The van der Waals surface area contributed by atoms with Gasteiger partial charge in [0.1, 0.15) is 5.02 Å². The first-order valence-corrected chi connectivity index (χ1v) is 12.3. The quantitative estimate of drug-likeness (QED) is 0.345. The minimum Gasteiger partial charge on any atom is -0.339 e. The van der Waals surface area contributed by atoms with Gasteiger partial charge in [-0.3, -0.25) is 4.79 Å². The predicted molar refractivity (Wildman–Crippen MR) is 137 cm³/mol. The number of piperidine rings is 1. The summed E-state index contributed by atoms with van der Waals surface area (Å²) in [5.74, 6) is 1.38. The Morgan fingerprint density at radius 2 is 1.94 bits per heavy atom. The van der Waals surface area contributed by atoms with Crippen molar-refractivity contribution in [1.29, 1.82) is 0 Å². The second kappa shape index (κ2) is 9.92. The number of amides is 1. The first-order chi connectivity index (χ1) is 16.6. The number of hydrogen-bond acceptors (Lipinski definition) is 8. The van der Waals surface area contributed by atoms with Gasteiger partial charge in [0.15, 0.2) is 5.82 Å². The van der Waals surface area contributed by atoms with Crippen molar-refractivity contribution < 1.29 is 4.79 Å². The number of fused-ring (bicyclic) bond motifs is 1. The van der Waals surface area contributed by atoms with E-state index in [4.69, 9.17) is 17.3 Å². The van der Waals surface area contributed by atoms with Crippen LogP contribution in [0.4, 0.5) is 23.1 Å². The average molecular weight is 494 g/mol. The van der Waals surface area contributed by atoms with Crippen molar-refractivity contribution in [1.82, 2.24) is 19.9 Å². The highest BCUT2D eigenvalue weighted by Gasteiger charge is 2.23. The number of aromatic nitrogens is 3. The Morgan fingerprint density at radius 1 is 1.12 bits per heavy atom. The van der Waals surface area contributed by atoms with Gasteiger partial charge in [-0.05, 0) is 61.7 Å². The molecule has 1 aliphatic heterocycles. The van der Waals surface area contributed by atoms with Crippen LogP contribution in [-0.4, -0.2) is 45.4 Å². The van der Waals surface area contributed by atoms with Gasteiger partial charge in [-0.1, -0.05) is 17.7 Å². The van der Waals surface area contributed by atoms with Crippen LogP contribution >= 0.6 is 22.9 Å². The maximum absolute atomic E-state index is 13.0.